The van der Waals surface area contributed by atoms with Crippen molar-refractivity contribution in [3.63, 3.8) is 0 Å². The molecule has 166 valence electrons. The molecule has 0 atom stereocenters. The molecule has 0 unspecified atom stereocenters. The summed E-state index contributed by atoms with van der Waals surface area (Å²) in [6, 6.07) is 18.8. The van der Waals surface area contributed by atoms with Gasteiger partial charge in [0.2, 0.25) is 5.91 Å². The van der Waals surface area contributed by atoms with E-state index >= 15 is 0 Å². The Hall–Kier alpha value is -4.40. The average molecular weight is 442 g/mol. The molecule has 3 aromatic heterocycles. The van der Waals surface area contributed by atoms with Crippen molar-refractivity contribution >= 4 is 22.8 Å². The molecule has 0 aliphatic carbocycles. The van der Waals surface area contributed by atoms with Gasteiger partial charge in [-0.2, -0.15) is 5.10 Å². The molecule has 3 heterocycles. The third kappa shape index (κ3) is 3.63. The molecular formula is C24H22N6O3. The standard InChI is InChI=1S/C24H22N6O3/c1-3-27(18-7-5-4-6-8-18)22(31)16-30-24(32)28-13-14-29-21(23(28)26-30)15-20(25-29)17-9-11-19(33-2)12-10-17/h4-15H,3,16H2,1-2H3. The van der Waals surface area contributed by atoms with Crippen molar-refractivity contribution in [3.05, 3.63) is 83.5 Å². The van der Waals surface area contributed by atoms with Gasteiger partial charge in [0.25, 0.3) is 0 Å². The van der Waals surface area contributed by atoms with Crippen molar-refractivity contribution in [2.24, 2.45) is 0 Å². The molecule has 2 aromatic carbocycles. The highest BCUT2D eigenvalue weighted by molar-refractivity contribution is 5.93. The van der Waals surface area contributed by atoms with Crippen molar-refractivity contribution in [2.75, 3.05) is 18.6 Å². The van der Waals surface area contributed by atoms with Crippen LogP contribution in [0.15, 0.2) is 77.9 Å². The summed E-state index contributed by atoms with van der Waals surface area (Å²) in [5.74, 6) is 0.550. The summed E-state index contributed by atoms with van der Waals surface area (Å²) in [5, 5.41) is 9.07. The van der Waals surface area contributed by atoms with Crippen LogP contribution in [-0.4, -0.2) is 43.4 Å². The first kappa shape index (κ1) is 20.5. The Morgan fingerprint density at radius 3 is 2.48 bits per heavy atom. The molecule has 0 fully saturated rings. The highest BCUT2D eigenvalue weighted by atomic mass is 16.5. The monoisotopic (exact) mass is 442 g/mol. The topological polar surface area (TPSA) is 86.1 Å². The van der Waals surface area contributed by atoms with Crippen molar-refractivity contribution in [1.29, 1.82) is 0 Å². The number of fused-ring (bicyclic) bond motifs is 3. The van der Waals surface area contributed by atoms with Gasteiger partial charge < -0.3 is 9.64 Å². The van der Waals surface area contributed by atoms with E-state index in [1.165, 1.54) is 9.08 Å². The fourth-order valence-corrected chi connectivity index (χ4v) is 3.86. The Morgan fingerprint density at radius 2 is 1.79 bits per heavy atom. The molecule has 9 heteroatoms. The van der Waals surface area contributed by atoms with Crippen molar-refractivity contribution < 1.29 is 9.53 Å². The zero-order valence-electron chi connectivity index (χ0n) is 18.3. The Kier molecular flexibility index (Phi) is 5.14. The average Bonchev–Trinajstić information content (AvgIpc) is 3.42. The van der Waals surface area contributed by atoms with Crippen LogP contribution in [0.1, 0.15) is 6.92 Å². The van der Waals surface area contributed by atoms with Crippen LogP contribution in [0.4, 0.5) is 5.69 Å². The number of hydrogen-bond donors (Lipinski definition) is 0. The lowest BCUT2D eigenvalue weighted by Gasteiger charge is -2.20. The lowest BCUT2D eigenvalue weighted by atomic mass is 10.1. The highest BCUT2D eigenvalue weighted by Gasteiger charge is 2.19. The number of rotatable bonds is 6. The summed E-state index contributed by atoms with van der Waals surface area (Å²) in [6.45, 7) is 2.23. The summed E-state index contributed by atoms with van der Waals surface area (Å²) >= 11 is 0. The van der Waals surface area contributed by atoms with E-state index in [1.54, 1.807) is 28.9 Å². The summed E-state index contributed by atoms with van der Waals surface area (Å²) in [5.41, 5.74) is 3.16. The normalized spacial score (nSPS) is 11.2. The van der Waals surface area contributed by atoms with Gasteiger partial charge in [0.1, 0.15) is 17.8 Å². The second-order valence-corrected chi connectivity index (χ2v) is 7.49. The van der Waals surface area contributed by atoms with Gasteiger partial charge in [0, 0.05) is 30.2 Å². The van der Waals surface area contributed by atoms with Gasteiger partial charge in [-0.25, -0.2) is 18.4 Å². The van der Waals surface area contributed by atoms with Crippen LogP contribution in [0.3, 0.4) is 0 Å². The van der Waals surface area contributed by atoms with E-state index in [2.05, 4.69) is 10.2 Å². The number of carbonyl (C=O) groups is 1. The molecule has 0 aliphatic rings. The Bertz CT molecular complexity index is 1500. The minimum absolute atomic E-state index is 0.158. The molecule has 1 amide bonds. The third-order valence-corrected chi connectivity index (χ3v) is 5.55. The summed E-state index contributed by atoms with van der Waals surface area (Å²) in [4.78, 5) is 27.6. The minimum atomic E-state index is -0.378. The maximum absolute atomic E-state index is 13.0. The van der Waals surface area contributed by atoms with E-state index < -0.39 is 0 Å². The van der Waals surface area contributed by atoms with E-state index in [1.807, 2.05) is 67.6 Å². The number of nitrogens with zero attached hydrogens (tertiary/aromatic N) is 6. The molecule has 0 N–H and O–H groups in total. The van der Waals surface area contributed by atoms with E-state index in [0.29, 0.717) is 17.7 Å². The Labute approximate surface area is 189 Å². The van der Waals surface area contributed by atoms with Crippen molar-refractivity contribution in [1.82, 2.24) is 23.8 Å². The van der Waals surface area contributed by atoms with Gasteiger partial charge in [0.05, 0.1) is 12.8 Å². The number of anilines is 1. The van der Waals surface area contributed by atoms with Crippen LogP contribution in [0, 0.1) is 0 Å². The van der Waals surface area contributed by atoms with Crippen LogP contribution in [-0.2, 0) is 11.3 Å². The second-order valence-electron chi connectivity index (χ2n) is 7.49. The van der Waals surface area contributed by atoms with Crippen LogP contribution in [0.5, 0.6) is 5.75 Å². The molecule has 0 saturated carbocycles. The minimum Gasteiger partial charge on any atom is -0.497 e. The molecule has 5 aromatic rings. The molecule has 0 radical (unpaired) electrons. The number of carbonyl (C=O) groups excluding carboxylic acids is 1. The maximum Gasteiger partial charge on any atom is 0.350 e. The predicted molar refractivity (Wildman–Crippen MR) is 125 cm³/mol. The van der Waals surface area contributed by atoms with E-state index in [4.69, 9.17) is 4.74 Å². The number of benzene rings is 2. The van der Waals surface area contributed by atoms with E-state index in [9.17, 15) is 9.59 Å². The van der Waals surface area contributed by atoms with Crippen molar-refractivity contribution in [2.45, 2.75) is 13.5 Å². The van der Waals surface area contributed by atoms with Gasteiger partial charge >= 0.3 is 5.69 Å². The first-order chi connectivity index (χ1) is 16.1. The van der Waals surface area contributed by atoms with Crippen molar-refractivity contribution in [3.8, 4) is 17.0 Å². The molecule has 33 heavy (non-hydrogen) atoms. The number of amides is 1. The number of aromatic nitrogens is 5. The molecule has 0 aliphatic heterocycles. The molecule has 0 bridgehead atoms. The molecule has 9 nitrogen and oxygen atoms in total. The summed E-state index contributed by atoms with van der Waals surface area (Å²) < 4.78 is 9.52. The summed E-state index contributed by atoms with van der Waals surface area (Å²) in [7, 11) is 1.62. The number of ether oxygens (including phenoxy) is 1. The van der Waals surface area contributed by atoms with Crippen LogP contribution in [0.2, 0.25) is 0 Å². The first-order valence-corrected chi connectivity index (χ1v) is 10.6. The zero-order chi connectivity index (χ0) is 22.9. The highest BCUT2D eigenvalue weighted by Crippen LogP contribution is 2.23. The Balaban J connectivity index is 1.51. The largest absolute Gasteiger partial charge is 0.497 e. The fourth-order valence-electron chi connectivity index (χ4n) is 3.86. The van der Waals surface area contributed by atoms with Gasteiger partial charge in [-0.1, -0.05) is 18.2 Å². The lowest BCUT2D eigenvalue weighted by molar-refractivity contribution is -0.119. The molecule has 0 spiro atoms. The predicted octanol–water partition coefficient (Wildman–Crippen LogP) is 2.87. The van der Waals surface area contributed by atoms with Gasteiger partial charge in [-0.3, -0.25) is 4.79 Å². The van der Waals surface area contributed by atoms with Crippen LogP contribution < -0.4 is 15.3 Å². The second kappa shape index (κ2) is 8.27. The Morgan fingerprint density at radius 1 is 1.03 bits per heavy atom. The maximum atomic E-state index is 13.0. The van der Waals surface area contributed by atoms with Crippen LogP contribution >= 0.6 is 0 Å². The number of methoxy groups -OCH3 is 1. The number of likely N-dealkylation sites (N-methyl/N-ethyl adjacent to an activating group) is 1. The third-order valence-electron chi connectivity index (χ3n) is 5.55. The zero-order valence-corrected chi connectivity index (χ0v) is 18.3. The molecular weight excluding hydrogens is 420 g/mol. The molecule has 5 rings (SSSR count). The summed E-state index contributed by atoms with van der Waals surface area (Å²) in [6.07, 6.45) is 3.31. The van der Waals surface area contributed by atoms with Gasteiger partial charge in [0.15, 0.2) is 5.65 Å². The van der Waals surface area contributed by atoms with Gasteiger partial charge in [-0.15, -0.1) is 5.10 Å². The smallest absolute Gasteiger partial charge is 0.350 e. The SMILES string of the molecule is CCN(C(=O)Cn1nc2c3cc(-c4ccc(OC)cc4)nn3ccn2c1=O)c1ccccc1. The van der Waals surface area contributed by atoms with E-state index in [0.717, 1.165) is 22.7 Å². The fraction of sp³-hybridized carbons (Fsp3) is 0.167. The lowest BCUT2D eigenvalue weighted by Crippen LogP contribution is -2.36. The van der Waals surface area contributed by atoms with Gasteiger partial charge in [-0.05, 0) is 49.4 Å². The van der Waals surface area contributed by atoms with E-state index in [-0.39, 0.29) is 18.1 Å². The van der Waals surface area contributed by atoms with Crippen LogP contribution in [0.25, 0.3) is 22.4 Å². The number of para-hydroxylation sites is 1. The number of hydrogen-bond acceptors (Lipinski definition) is 5. The quantitative estimate of drug-likeness (QED) is 0.404. The first-order valence-electron chi connectivity index (χ1n) is 10.6. The molecule has 0 saturated heterocycles.